The van der Waals surface area contributed by atoms with Crippen LogP contribution < -0.4 is 0 Å². The molecule has 0 saturated heterocycles. The lowest BCUT2D eigenvalue weighted by molar-refractivity contribution is 0.0697. The van der Waals surface area contributed by atoms with Crippen molar-refractivity contribution in [2.45, 2.75) is 11.8 Å². The Morgan fingerprint density at radius 2 is 1.60 bits per heavy atom. The minimum atomic E-state index is -3.23. The van der Waals surface area contributed by atoms with Crippen LogP contribution in [0.25, 0.3) is 11.1 Å². The van der Waals surface area contributed by atoms with Crippen LogP contribution in [0.15, 0.2) is 47.4 Å². The van der Waals surface area contributed by atoms with Crippen LogP contribution in [-0.4, -0.2) is 25.7 Å². The van der Waals surface area contributed by atoms with E-state index in [1.165, 1.54) is 12.1 Å². The number of hydrogen-bond donors (Lipinski definition) is 1. The van der Waals surface area contributed by atoms with Crippen LogP contribution in [0.2, 0.25) is 0 Å². The Balaban J connectivity index is 2.49. The molecule has 5 heteroatoms. The molecule has 0 spiro atoms. The molecule has 104 valence electrons. The lowest BCUT2D eigenvalue weighted by atomic mass is 10.0. The summed E-state index contributed by atoms with van der Waals surface area (Å²) < 4.78 is 22.8. The summed E-state index contributed by atoms with van der Waals surface area (Å²) in [6.45, 7) is 1.82. The van der Waals surface area contributed by atoms with Gasteiger partial charge in [0, 0.05) is 6.26 Å². The Morgan fingerprint density at radius 3 is 2.10 bits per heavy atom. The van der Waals surface area contributed by atoms with Gasteiger partial charge in [-0.2, -0.15) is 0 Å². The molecular formula is C15H14O4S. The maximum atomic E-state index is 11.4. The normalized spacial score (nSPS) is 11.3. The van der Waals surface area contributed by atoms with Gasteiger partial charge in [0.25, 0.3) is 0 Å². The standard InChI is InChI=1S/C15H14O4S/c1-10-7-12(9-13(8-10)15(16)17)11-3-5-14(6-4-11)20(2,18)19/h3-9H,1-2H3,(H,16,17). The Bertz CT molecular complexity index is 759. The van der Waals surface area contributed by atoms with Crippen LogP contribution in [-0.2, 0) is 9.84 Å². The van der Waals surface area contributed by atoms with E-state index < -0.39 is 15.8 Å². The zero-order valence-electron chi connectivity index (χ0n) is 11.1. The monoisotopic (exact) mass is 290 g/mol. The lowest BCUT2D eigenvalue weighted by Crippen LogP contribution is -1.98. The van der Waals surface area contributed by atoms with Gasteiger partial charge in [0.05, 0.1) is 10.5 Å². The van der Waals surface area contributed by atoms with Crippen molar-refractivity contribution in [1.29, 1.82) is 0 Å². The van der Waals surface area contributed by atoms with E-state index in [1.807, 2.05) is 13.0 Å². The molecule has 0 aliphatic carbocycles. The summed E-state index contributed by atoms with van der Waals surface area (Å²) in [6, 6.07) is 11.4. The molecule has 0 saturated carbocycles. The summed E-state index contributed by atoms with van der Waals surface area (Å²) in [5.41, 5.74) is 2.59. The molecule has 0 aliphatic heterocycles. The maximum absolute atomic E-state index is 11.4. The Morgan fingerprint density at radius 1 is 1.00 bits per heavy atom. The maximum Gasteiger partial charge on any atom is 0.335 e. The first-order valence-corrected chi connectivity index (χ1v) is 7.82. The molecule has 0 aromatic heterocycles. The topological polar surface area (TPSA) is 71.4 Å². The number of sulfone groups is 1. The van der Waals surface area contributed by atoms with E-state index in [0.717, 1.165) is 22.9 Å². The number of hydrogen-bond acceptors (Lipinski definition) is 3. The quantitative estimate of drug-likeness (QED) is 0.943. The number of carboxylic acid groups (broad SMARTS) is 1. The minimum absolute atomic E-state index is 0.215. The van der Waals surface area contributed by atoms with Gasteiger partial charge in [-0.15, -0.1) is 0 Å². The summed E-state index contributed by atoms with van der Waals surface area (Å²) in [7, 11) is -3.23. The van der Waals surface area contributed by atoms with Crippen LogP contribution in [0.3, 0.4) is 0 Å². The highest BCUT2D eigenvalue weighted by molar-refractivity contribution is 7.90. The van der Waals surface area contributed by atoms with E-state index in [-0.39, 0.29) is 10.5 Å². The van der Waals surface area contributed by atoms with Gasteiger partial charge in [-0.25, -0.2) is 13.2 Å². The van der Waals surface area contributed by atoms with E-state index in [4.69, 9.17) is 5.11 Å². The van der Waals surface area contributed by atoms with E-state index in [0.29, 0.717) is 0 Å². The third-order valence-electron chi connectivity index (χ3n) is 2.94. The van der Waals surface area contributed by atoms with Gasteiger partial charge >= 0.3 is 5.97 Å². The fourth-order valence-corrected chi connectivity index (χ4v) is 2.60. The van der Waals surface area contributed by atoms with Crippen LogP contribution in [0.4, 0.5) is 0 Å². The highest BCUT2D eigenvalue weighted by Crippen LogP contribution is 2.24. The van der Waals surface area contributed by atoms with Crippen LogP contribution in [0.5, 0.6) is 0 Å². The number of aryl methyl sites for hydroxylation is 1. The molecule has 0 aliphatic rings. The van der Waals surface area contributed by atoms with Gasteiger partial charge in [-0.05, 0) is 47.9 Å². The summed E-state index contributed by atoms with van der Waals surface area (Å²) in [4.78, 5) is 11.3. The van der Waals surface area contributed by atoms with Crippen LogP contribution >= 0.6 is 0 Å². The number of rotatable bonds is 3. The predicted octanol–water partition coefficient (Wildman–Crippen LogP) is 2.76. The smallest absolute Gasteiger partial charge is 0.335 e. The summed E-state index contributed by atoms with van der Waals surface area (Å²) in [5, 5.41) is 9.05. The average Bonchev–Trinajstić information content (AvgIpc) is 2.37. The summed E-state index contributed by atoms with van der Waals surface area (Å²) >= 11 is 0. The van der Waals surface area contributed by atoms with Crippen molar-refractivity contribution in [2.24, 2.45) is 0 Å². The molecule has 20 heavy (non-hydrogen) atoms. The molecule has 0 bridgehead atoms. The van der Waals surface area contributed by atoms with E-state index >= 15 is 0 Å². The fraction of sp³-hybridized carbons (Fsp3) is 0.133. The summed E-state index contributed by atoms with van der Waals surface area (Å²) in [6.07, 6.45) is 1.15. The van der Waals surface area contributed by atoms with Crippen molar-refractivity contribution in [1.82, 2.24) is 0 Å². The Kier molecular flexibility index (Phi) is 3.63. The number of benzene rings is 2. The molecular weight excluding hydrogens is 276 g/mol. The van der Waals surface area contributed by atoms with Gasteiger partial charge in [-0.1, -0.05) is 18.2 Å². The third-order valence-corrected chi connectivity index (χ3v) is 4.07. The minimum Gasteiger partial charge on any atom is -0.478 e. The molecule has 2 aromatic carbocycles. The van der Waals surface area contributed by atoms with Gasteiger partial charge in [0.1, 0.15) is 0 Å². The number of carboxylic acids is 1. The largest absolute Gasteiger partial charge is 0.478 e. The zero-order valence-corrected chi connectivity index (χ0v) is 11.9. The van der Waals surface area contributed by atoms with E-state index in [1.54, 1.807) is 24.3 Å². The molecule has 4 nitrogen and oxygen atoms in total. The molecule has 2 aromatic rings. The van der Waals surface area contributed by atoms with Crippen molar-refractivity contribution in [2.75, 3.05) is 6.26 Å². The second-order valence-corrected chi connectivity index (χ2v) is 6.71. The first-order valence-electron chi connectivity index (χ1n) is 5.93. The van der Waals surface area contributed by atoms with Gasteiger partial charge in [0.2, 0.25) is 0 Å². The molecule has 0 unspecified atom stereocenters. The molecule has 0 atom stereocenters. The van der Waals surface area contributed by atoms with Gasteiger partial charge in [-0.3, -0.25) is 0 Å². The molecule has 0 radical (unpaired) electrons. The zero-order chi connectivity index (χ0) is 14.9. The Labute approximate surface area is 117 Å². The van der Waals surface area contributed by atoms with E-state index in [9.17, 15) is 13.2 Å². The van der Waals surface area contributed by atoms with Crippen molar-refractivity contribution in [3.63, 3.8) is 0 Å². The van der Waals surface area contributed by atoms with Crippen LogP contribution in [0.1, 0.15) is 15.9 Å². The second kappa shape index (κ2) is 5.09. The van der Waals surface area contributed by atoms with Crippen molar-refractivity contribution < 1.29 is 18.3 Å². The van der Waals surface area contributed by atoms with Gasteiger partial charge < -0.3 is 5.11 Å². The SMILES string of the molecule is Cc1cc(C(=O)O)cc(-c2ccc(S(C)(=O)=O)cc2)c1. The predicted molar refractivity (Wildman–Crippen MR) is 76.7 cm³/mol. The van der Waals surface area contributed by atoms with Crippen molar-refractivity contribution >= 4 is 15.8 Å². The number of aromatic carboxylic acids is 1. The Hall–Kier alpha value is -2.14. The summed E-state index contributed by atoms with van der Waals surface area (Å²) in [5.74, 6) is -0.984. The molecule has 0 amide bonds. The molecule has 1 N–H and O–H groups in total. The highest BCUT2D eigenvalue weighted by atomic mass is 32.2. The fourth-order valence-electron chi connectivity index (χ4n) is 1.97. The third kappa shape index (κ3) is 3.05. The van der Waals surface area contributed by atoms with E-state index in [2.05, 4.69) is 0 Å². The lowest BCUT2D eigenvalue weighted by Gasteiger charge is -2.06. The number of carbonyl (C=O) groups is 1. The average molecular weight is 290 g/mol. The van der Waals surface area contributed by atoms with Crippen molar-refractivity contribution in [3.05, 3.63) is 53.6 Å². The van der Waals surface area contributed by atoms with Crippen molar-refractivity contribution in [3.8, 4) is 11.1 Å². The first kappa shape index (κ1) is 14.3. The second-order valence-electron chi connectivity index (χ2n) is 4.69. The van der Waals surface area contributed by atoms with Gasteiger partial charge in [0.15, 0.2) is 9.84 Å². The first-order chi connectivity index (χ1) is 9.27. The molecule has 2 rings (SSSR count). The molecule has 0 fully saturated rings. The van der Waals surface area contributed by atoms with Crippen LogP contribution in [0, 0.1) is 6.92 Å². The molecule has 0 heterocycles. The highest BCUT2D eigenvalue weighted by Gasteiger charge is 2.09.